The molecule has 0 fully saturated rings. The Morgan fingerprint density at radius 2 is 2.17 bits per heavy atom. The highest BCUT2D eigenvalue weighted by Crippen LogP contribution is 2.31. The maximum Gasteiger partial charge on any atom is 0.141 e. The van der Waals surface area contributed by atoms with Crippen LogP contribution in [-0.4, -0.2) is 9.78 Å². The van der Waals surface area contributed by atoms with Crippen LogP contribution in [0, 0.1) is 24.1 Å². The molecule has 0 saturated carbocycles. The van der Waals surface area contributed by atoms with Crippen molar-refractivity contribution in [3.05, 3.63) is 34.2 Å². The zero-order chi connectivity index (χ0) is 13.4. The van der Waals surface area contributed by atoms with E-state index in [1.807, 2.05) is 6.07 Å². The Morgan fingerprint density at radius 3 is 2.72 bits per heavy atom. The zero-order valence-corrected chi connectivity index (χ0v) is 10.6. The van der Waals surface area contributed by atoms with Gasteiger partial charge in [-0.05, 0) is 19.1 Å². The lowest BCUT2D eigenvalue weighted by atomic mass is 10.1. The fourth-order valence-corrected chi connectivity index (χ4v) is 1.94. The average molecular weight is 265 g/mol. The van der Waals surface area contributed by atoms with Crippen molar-refractivity contribution < 1.29 is 4.39 Å². The highest BCUT2D eigenvalue weighted by atomic mass is 35.5. The summed E-state index contributed by atoms with van der Waals surface area (Å²) in [7, 11) is 1.63. The van der Waals surface area contributed by atoms with Gasteiger partial charge in [0.15, 0.2) is 0 Å². The van der Waals surface area contributed by atoms with E-state index in [0.717, 1.165) is 6.07 Å². The molecular formula is C12H10ClFN4. The van der Waals surface area contributed by atoms with Gasteiger partial charge in [0, 0.05) is 18.2 Å². The topological polar surface area (TPSA) is 67.6 Å². The number of nitriles is 1. The molecular weight excluding hydrogens is 255 g/mol. The number of aryl methyl sites for hydroxylation is 1. The molecule has 0 aliphatic rings. The highest BCUT2D eigenvalue weighted by molar-refractivity contribution is 6.33. The van der Waals surface area contributed by atoms with E-state index in [2.05, 4.69) is 5.10 Å². The second-order valence-corrected chi connectivity index (χ2v) is 4.32. The summed E-state index contributed by atoms with van der Waals surface area (Å²) in [6, 6.07) is 4.59. The smallest absolute Gasteiger partial charge is 0.141 e. The van der Waals surface area contributed by atoms with Crippen molar-refractivity contribution in [1.29, 1.82) is 5.26 Å². The minimum atomic E-state index is -0.514. The summed E-state index contributed by atoms with van der Waals surface area (Å²) >= 11 is 5.73. The number of rotatable bonds is 1. The van der Waals surface area contributed by atoms with Gasteiger partial charge >= 0.3 is 0 Å². The monoisotopic (exact) mass is 264 g/mol. The molecule has 1 aromatic carbocycles. The van der Waals surface area contributed by atoms with Crippen LogP contribution in [0.4, 0.5) is 10.1 Å². The Kier molecular flexibility index (Phi) is 2.97. The first-order chi connectivity index (χ1) is 8.45. The molecule has 0 amide bonds. The molecule has 18 heavy (non-hydrogen) atoms. The summed E-state index contributed by atoms with van der Waals surface area (Å²) in [6.07, 6.45) is 0. The number of aromatic nitrogens is 2. The number of nitrogen functional groups attached to an aromatic ring is 1. The second-order valence-electron chi connectivity index (χ2n) is 3.91. The van der Waals surface area contributed by atoms with Gasteiger partial charge in [0.25, 0.3) is 0 Å². The van der Waals surface area contributed by atoms with Crippen molar-refractivity contribution in [2.75, 3.05) is 5.73 Å². The third-order valence-electron chi connectivity index (χ3n) is 2.73. The molecule has 0 radical (unpaired) electrons. The van der Waals surface area contributed by atoms with Gasteiger partial charge < -0.3 is 5.73 Å². The van der Waals surface area contributed by atoms with Gasteiger partial charge in [0.2, 0.25) is 0 Å². The Balaban J connectivity index is 2.71. The molecule has 2 rings (SSSR count). The quantitative estimate of drug-likeness (QED) is 0.805. The number of nitrogens with zero attached hydrogens (tertiary/aromatic N) is 3. The first kappa shape index (κ1) is 12.4. The second kappa shape index (κ2) is 4.31. The summed E-state index contributed by atoms with van der Waals surface area (Å²) in [5.41, 5.74) is 7.57. The van der Waals surface area contributed by atoms with E-state index >= 15 is 0 Å². The van der Waals surface area contributed by atoms with E-state index in [4.69, 9.17) is 22.6 Å². The lowest BCUT2D eigenvalue weighted by Crippen LogP contribution is -1.95. The van der Waals surface area contributed by atoms with E-state index in [1.165, 1.54) is 10.7 Å². The lowest BCUT2D eigenvalue weighted by molar-refractivity contribution is 0.630. The van der Waals surface area contributed by atoms with E-state index < -0.39 is 5.82 Å². The maximum atomic E-state index is 13.9. The van der Waals surface area contributed by atoms with Crippen LogP contribution in [0.15, 0.2) is 12.1 Å². The molecule has 2 N–H and O–H groups in total. The molecule has 0 saturated heterocycles. The summed E-state index contributed by atoms with van der Waals surface area (Å²) in [4.78, 5) is 0. The molecule has 0 unspecified atom stereocenters. The summed E-state index contributed by atoms with van der Waals surface area (Å²) < 4.78 is 15.3. The largest absolute Gasteiger partial charge is 0.398 e. The van der Waals surface area contributed by atoms with Gasteiger partial charge in [-0.25, -0.2) is 4.39 Å². The van der Waals surface area contributed by atoms with Gasteiger partial charge in [-0.1, -0.05) is 11.6 Å². The molecule has 6 heteroatoms. The molecule has 0 aliphatic heterocycles. The van der Waals surface area contributed by atoms with Crippen molar-refractivity contribution in [1.82, 2.24) is 9.78 Å². The van der Waals surface area contributed by atoms with Gasteiger partial charge in [-0.3, -0.25) is 4.68 Å². The molecule has 0 spiro atoms. The van der Waals surface area contributed by atoms with E-state index in [9.17, 15) is 4.39 Å². The normalized spacial score (nSPS) is 10.4. The van der Waals surface area contributed by atoms with Gasteiger partial charge in [0.1, 0.15) is 17.6 Å². The first-order valence-electron chi connectivity index (χ1n) is 5.14. The van der Waals surface area contributed by atoms with E-state index in [0.29, 0.717) is 17.0 Å². The lowest BCUT2D eigenvalue weighted by Gasteiger charge is -2.04. The highest BCUT2D eigenvalue weighted by Gasteiger charge is 2.17. The number of halogens is 2. The fourth-order valence-electron chi connectivity index (χ4n) is 1.79. The minimum absolute atomic E-state index is 0.158. The molecule has 2 aromatic rings. The number of benzene rings is 1. The predicted octanol–water partition coefficient (Wildman–Crippen LogP) is 2.64. The predicted molar refractivity (Wildman–Crippen MR) is 67.5 cm³/mol. The molecule has 92 valence electrons. The van der Waals surface area contributed by atoms with Crippen LogP contribution < -0.4 is 5.73 Å². The summed E-state index contributed by atoms with van der Waals surface area (Å²) in [5.74, 6) is -0.514. The summed E-state index contributed by atoms with van der Waals surface area (Å²) in [5, 5.41) is 13.3. The zero-order valence-electron chi connectivity index (χ0n) is 9.83. The molecule has 4 nitrogen and oxygen atoms in total. The Hall–Kier alpha value is -2.06. The first-order valence-corrected chi connectivity index (χ1v) is 5.52. The van der Waals surface area contributed by atoms with Crippen LogP contribution in [-0.2, 0) is 7.05 Å². The van der Waals surface area contributed by atoms with E-state index in [-0.39, 0.29) is 16.3 Å². The fraction of sp³-hybridized carbons (Fsp3) is 0.167. The Labute approximate surface area is 108 Å². The van der Waals surface area contributed by atoms with Crippen LogP contribution >= 0.6 is 11.6 Å². The van der Waals surface area contributed by atoms with Crippen molar-refractivity contribution in [2.24, 2.45) is 7.05 Å². The standard InChI is InChI=1S/C12H10ClFN4/c1-6-11(5-15)18(2)17-12(6)7-3-10(16)8(13)4-9(7)14/h3-4H,16H2,1-2H3. The average Bonchev–Trinajstić information content (AvgIpc) is 2.59. The van der Waals surface area contributed by atoms with Crippen molar-refractivity contribution >= 4 is 17.3 Å². The van der Waals surface area contributed by atoms with Crippen molar-refractivity contribution in [3.8, 4) is 17.3 Å². The molecule has 0 bridgehead atoms. The summed E-state index contributed by atoms with van der Waals surface area (Å²) in [6.45, 7) is 1.71. The van der Waals surface area contributed by atoms with Crippen molar-refractivity contribution in [3.63, 3.8) is 0 Å². The Bertz CT molecular complexity index is 670. The van der Waals surface area contributed by atoms with E-state index in [1.54, 1.807) is 14.0 Å². The van der Waals surface area contributed by atoms with Crippen LogP contribution in [0.1, 0.15) is 11.3 Å². The number of hydrogen-bond acceptors (Lipinski definition) is 3. The van der Waals surface area contributed by atoms with Crippen molar-refractivity contribution in [2.45, 2.75) is 6.92 Å². The third kappa shape index (κ3) is 1.81. The molecule has 0 atom stereocenters. The molecule has 0 aliphatic carbocycles. The van der Waals surface area contributed by atoms with Gasteiger partial charge in [-0.2, -0.15) is 10.4 Å². The molecule has 1 heterocycles. The Morgan fingerprint density at radius 1 is 1.50 bits per heavy atom. The van der Waals surface area contributed by atoms with Crippen LogP contribution in [0.3, 0.4) is 0 Å². The maximum absolute atomic E-state index is 13.9. The SMILES string of the molecule is Cc1c(-c2cc(N)c(Cl)cc2F)nn(C)c1C#N. The number of hydrogen-bond donors (Lipinski definition) is 1. The number of nitrogens with two attached hydrogens (primary N) is 1. The van der Waals surface area contributed by atoms with Gasteiger partial charge in [0.05, 0.1) is 16.4 Å². The number of anilines is 1. The minimum Gasteiger partial charge on any atom is -0.398 e. The van der Waals surface area contributed by atoms with Crippen LogP contribution in [0.25, 0.3) is 11.3 Å². The molecule has 1 aromatic heterocycles. The van der Waals surface area contributed by atoms with Crippen LogP contribution in [0.2, 0.25) is 5.02 Å². The van der Waals surface area contributed by atoms with Crippen LogP contribution in [0.5, 0.6) is 0 Å². The van der Waals surface area contributed by atoms with Gasteiger partial charge in [-0.15, -0.1) is 0 Å². The third-order valence-corrected chi connectivity index (χ3v) is 3.06.